The molecule has 21 heteroatoms. The molecular weight excluding hydrogens is 1020 g/mol. The Morgan fingerprint density at radius 2 is 1.45 bits per heavy atom. The normalized spacial score (nSPS) is 12.1. The third-order valence-corrected chi connectivity index (χ3v) is 13.4. The number of nitrogens with one attached hydrogen (secondary N) is 5. The average molecular weight is 1090 g/mol. The Morgan fingerprint density at radius 1 is 0.756 bits per heavy atom. The van der Waals surface area contributed by atoms with E-state index in [-0.39, 0.29) is 86.1 Å². The first-order valence-corrected chi connectivity index (χ1v) is 26.6. The number of carboxylic acids is 3. The molecule has 0 unspecified atom stereocenters. The second-order valence-electron chi connectivity index (χ2n) is 18.5. The van der Waals surface area contributed by atoms with Gasteiger partial charge < -0.3 is 56.0 Å². The van der Waals surface area contributed by atoms with Gasteiger partial charge in [0.15, 0.2) is 11.3 Å². The molecule has 3 aromatic rings. The van der Waals surface area contributed by atoms with Crippen LogP contribution in [0.1, 0.15) is 101 Å². The molecule has 20 nitrogen and oxygen atoms in total. The molecule has 1 aliphatic carbocycles. The topological polar surface area (TPSA) is 286 Å². The third kappa shape index (κ3) is 18.0. The second kappa shape index (κ2) is 30.5. The quantitative estimate of drug-likeness (QED) is 0.00548. The van der Waals surface area contributed by atoms with Crippen molar-refractivity contribution in [2.45, 2.75) is 104 Å². The number of anilines is 2. The molecule has 0 saturated carbocycles. The first-order chi connectivity index (χ1) is 37.5. The van der Waals surface area contributed by atoms with Gasteiger partial charge in [-0.3, -0.25) is 24.0 Å². The van der Waals surface area contributed by atoms with Crippen LogP contribution >= 0.6 is 12.2 Å². The second-order valence-corrected chi connectivity index (χ2v) is 18.9. The van der Waals surface area contributed by atoms with E-state index in [0.29, 0.717) is 42.0 Å². The molecule has 78 heavy (non-hydrogen) atoms. The molecule has 3 amide bonds. The summed E-state index contributed by atoms with van der Waals surface area (Å²) in [6.45, 7) is 12.0. The molecular formula is C57H70N7O13S+. The number of benzene rings is 4. The van der Waals surface area contributed by atoms with Crippen LogP contribution in [-0.4, -0.2) is 120 Å². The van der Waals surface area contributed by atoms with Crippen molar-refractivity contribution in [1.82, 2.24) is 25.8 Å². The number of ether oxygens (including phenoxy) is 1. The highest BCUT2D eigenvalue weighted by Crippen LogP contribution is 2.42. The van der Waals surface area contributed by atoms with E-state index >= 15 is 0 Å². The van der Waals surface area contributed by atoms with E-state index in [1.54, 1.807) is 18.2 Å². The third-order valence-electron chi connectivity index (χ3n) is 13.2. The Balaban J connectivity index is 1.15. The number of carbonyl (C=O) groups is 8. The van der Waals surface area contributed by atoms with Gasteiger partial charge in [-0.15, -0.1) is 0 Å². The molecule has 0 spiro atoms. The minimum absolute atomic E-state index is 0.00274. The fourth-order valence-electron chi connectivity index (χ4n) is 9.11. The number of nitrogens with zero attached hydrogens (tertiary/aromatic N) is 2. The van der Waals surface area contributed by atoms with Gasteiger partial charge in [0, 0.05) is 104 Å². The van der Waals surface area contributed by atoms with Crippen LogP contribution in [0.15, 0.2) is 89.3 Å². The number of carboxylic acid groups (broad SMARTS) is 3. The van der Waals surface area contributed by atoms with Crippen LogP contribution in [0.5, 0.6) is 0 Å². The van der Waals surface area contributed by atoms with E-state index in [0.717, 1.165) is 59.3 Å². The van der Waals surface area contributed by atoms with Crippen LogP contribution in [0.3, 0.4) is 0 Å². The number of urea groups is 1. The number of rotatable bonds is 32. The molecule has 0 saturated heterocycles. The molecule has 3 atom stereocenters. The van der Waals surface area contributed by atoms with Gasteiger partial charge in [-0.05, 0) is 107 Å². The highest BCUT2D eigenvalue weighted by Gasteiger charge is 2.26. The Bertz CT molecular complexity index is 2970. The molecule has 3 aromatic carbocycles. The molecule has 0 bridgehead atoms. The predicted molar refractivity (Wildman–Crippen MR) is 299 cm³/mol. The molecule has 0 radical (unpaired) electrons. The number of hydrogen-bond acceptors (Lipinski definition) is 12. The minimum atomic E-state index is -1.48. The van der Waals surface area contributed by atoms with Crippen LogP contribution in [0, 0.1) is 5.92 Å². The maximum Gasteiger partial charge on any atom is 0.336 e. The van der Waals surface area contributed by atoms with Crippen LogP contribution in [-0.2, 0) is 39.9 Å². The monoisotopic (exact) mass is 1090 g/mol. The summed E-state index contributed by atoms with van der Waals surface area (Å²) in [6, 6.07) is 23.8. The van der Waals surface area contributed by atoms with Crippen molar-refractivity contribution < 1.29 is 62.8 Å². The average Bonchev–Trinajstić information content (AvgIpc) is 3.53. The first kappa shape index (κ1) is 60.7. The zero-order chi connectivity index (χ0) is 56.7. The van der Waals surface area contributed by atoms with E-state index in [1.807, 2.05) is 66.7 Å². The van der Waals surface area contributed by atoms with Crippen molar-refractivity contribution in [2.75, 3.05) is 49.5 Å². The minimum Gasteiger partial charge on any atom is -0.481 e. The van der Waals surface area contributed by atoms with E-state index in [1.165, 1.54) is 0 Å². The maximum atomic E-state index is 13.5. The molecule has 5 rings (SSSR count). The van der Waals surface area contributed by atoms with Gasteiger partial charge in [0.2, 0.25) is 11.3 Å². The molecule has 1 aliphatic heterocycles. The van der Waals surface area contributed by atoms with Gasteiger partial charge in [0.05, 0.1) is 18.1 Å². The molecule has 8 N–H and O–H groups in total. The van der Waals surface area contributed by atoms with Gasteiger partial charge in [0.1, 0.15) is 42.0 Å². The predicted octanol–water partition coefficient (Wildman–Crippen LogP) is 6.81. The fourth-order valence-corrected chi connectivity index (χ4v) is 9.33. The maximum absolute atomic E-state index is 13.5. The SMILES string of the molecule is CCN(CC)c1ccc2c(-c3ccc(NC(=S)NCCCC(=O)C[C@@H](Cc4ccccc4)C(=O)NCCCC(=O)CC[C@H](NC(=O)N[C@@H](CCC(=O)O)OC=O)C(=O)O)cc3C(=O)O)c3ccc(=[N+](CC)CC)cc-3oc2c1. The van der Waals surface area contributed by atoms with Gasteiger partial charge in [-0.25, -0.2) is 19.0 Å². The zero-order valence-electron chi connectivity index (χ0n) is 44.4. The number of amides is 3. The molecule has 2 aliphatic rings. The Morgan fingerprint density at radius 3 is 2.10 bits per heavy atom. The number of ketones is 2. The summed E-state index contributed by atoms with van der Waals surface area (Å²) in [7, 11) is 0. The Kier molecular flexibility index (Phi) is 23.7. The standard InChI is InChI=1S/C57H69N7O13S/c1-5-63(6-2)39-19-23-44-48(33-39)77-49-34-40(64(7-3)8-4)20-24-45(49)52(44)43-22-18-38(32-46(43)54(71)72)60-57(78)59-29-13-17-42(67)31-37(30-36-14-10-9-11-15-36)53(70)58-28-12-16-41(66)21-25-47(55(73)74)61-56(75)62-50(76-35-65)26-27-51(68)69/h9-11,14-15,18-20,22-24,32-35,37,47,50H,5-8,12-13,16-17,21,25-31H2,1-4H3,(H7,58,59,61,62,68,69,70,71,72,73,74,75,78)/p+1/t37-,47+,50-/m1/s1. The number of carbonyl (C=O) groups excluding carboxylic acids is 5. The number of Topliss-reactive ketones (excluding diaryl/α,β-unsaturated/α-hetero) is 2. The number of hydrogen-bond donors (Lipinski definition) is 8. The van der Waals surface area contributed by atoms with Crippen LogP contribution in [0.25, 0.3) is 33.4 Å². The van der Waals surface area contributed by atoms with Crippen molar-refractivity contribution in [2.24, 2.45) is 5.92 Å². The summed E-state index contributed by atoms with van der Waals surface area (Å²) in [5.41, 5.74) is 4.99. The van der Waals surface area contributed by atoms with Crippen molar-refractivity contribution in [1.29, 1.82) is 0 Å². The zero-order valence-corrected chi connectivity index (χ0v) is 45.2. The van der Waals surface area contributed by atoms with Gasteiger partial charge in [-0.2, -0.15) is 0 Å². The lowest BCUT2D eigenvalue weighted by Crippen LogP contribution is -2.49. The lowest BCUT2D eigenvalue weighted by molar-refractivity contribution is -0.141. The first-order valence-electron chi connectivity index (χ1n) is 26.2. The largest absolute Gasteiger partial charge is 0.481 e. The Hall–Kier alpha value is -8.20. The smallest absolute Gasteiger partial charge is 0.336 e. The lowest BCUT2D eigenvalue weighted by atomic mass is 9.90. The van der Waals surface area contributed by atoms with E-state index in [9.17, 15) is 48.6 Å². The molecule has 416 valence electrons. The molecule has 0 fully saturated rings. The van der Waals surface area contributed by atoms with Gasteiger partial charge in [0.25, 0.3) is 6.47 Å². The number of thiocarbonyl (C=S) groups is 1. The van der Waals surface area contributed by atoms with E-state index in [4.69, 9.17) is 21.7 Å². The van der Waals surface area contributed by atoms with Crippen LogP contribution < -0.4 is 41.4 Å². The van der Waals surface area contributed by atoms with E-state index in [2.05, 4.69) is 68.5 Å². The van der Waals surface area contributed by atoms with Crippen molar-refractivity contribution in [3.63, 3.8) is 0 Å². The van der Waals surface area contributed by atoms with Crippen LogP contribution in [0.4, 0.5) is 16.2 Å². The highest BCUT2D eigenvalue weighted by molar-refractivity contribution is 7.80. The summed E-state index contributed by atoms with van der Waals surface area (Å²) < 4.78 is 13.5. The fraction of sp³-hybridized carbons (Fsp3) is 0.404. The summed E-state index contributed by atoms with van der Waals surface area (Å²) >= 11 is 5.59. The van der Waals surface area contributed by atoms with Crippen LogP contribution in [0.2, 0.25) is 0 Å². The van der Waals surface area contributed by atoms with Gasteiger partial charge >= 0.3 is 23.9 Å². The van der Waals surface area contributed by atoms with Crippen molar-refractivity contribution in [3.8, 4) is 22.5 Å². The lowest BCUT2D eigenvalue weighted by Gasteiger charge is -2.22. The number of aliphatic carboxylic acids is 2. The summed E-state index contributed by atoms with van der Waals surface area (Å²) in [5.74, 6) is -4.66. The summed E-state index contributed by atoms with van der Waals surface area (Å²) in [6.07, 6.45) is -1.47. The van der Waals surface area contributed by atoms with Gasteiger partial charge in [-0.1, -0.05) is 36.4 Å². The number of aromatic carboxylic acids is 1. The number of fused-ring (bicyclic) bond motifs is 2. The van der Waals surface area contributed by atoms with Crippen molar-refractivity contribution >= 4 is 87.6 Å². The summed E-state index contributed by atoms with van der Waals surface area (Å²) in [4.78, 5) is 101. The molecule has 1 heterocycles. The Labute approximate surface area is 458 Å². The highest BCUT2D eigenvalue weighted by atomic mass is 32.1. The van der Waals surface area contributed by atoms with Crippen molar-refractivity contribution in [3.05, 3.63) is 101 Å². The summed E-state index contributed by atoms with van der Waals surface area (Å²) in [5, 5.41) is 44.5. The molecule has 0 aromatic heterocycles. The van der Waals surface area contributed by atoms with E-state index < -0.39 is 48.5 Å².